The average Bonchev–Trinajstić information content (AvgIpc) is 3.21. The topological polar surface area (TPSA) is 72.2 Å². The van der Waals surface area contributed by atoms with Crippen molar-refractivity contribution in [2.75, 3.05) is 5.32 Å². The van der Waals surface area contributed by atoms with E-state index in [1.807, 2.05) is 38.1 Å². The second-order valence-corrected chi connectivity index (χ2v) is 8.42. The van der Waals surface area contributed by atoms with Crippen LogP contribution in [0.5, 0.6) is 0 Å². The van der Waals surface area contributed by atoms with E-state index < -0.39 is 5.63 Å². The van der Waals surface area contributed by atoms with E-state index in [0.717, 1.165) is 26.7 Å². The third-order valence-corrected chi connectivity index (χ3v) is 6.35. The summed E-state index contributed by atoms with van der Waals surface area (Å²) in [7, 11) is 0. The molecule has 2 heterocycles. The van der Waals surface area contributed by atoms with Gasteiger partial charge in [0.1, 0.15) is 5.58 Å². The van der Waals surface area contributed by atoms with E-state index in [-0.39, 0.29) is 5.91 Å². The van der Waals surface area contributed by atoms with Crippen LogP contribution >= 0.6 is 11.3 Å². The molecule has 5 aromatic rings. The van der Waals surface area contributed by atoms with E-state index in [4.69, 9.17) is 4.42 Å². The molecule has 0 spiro atoms. The molecule has 0 saturated heterocycles. The summed E-state index contributed by atoms with van der Waals surface area (Å²) in [5, 5.41) is 4.27. The summed E-state index contributed by atoms with van der Waals surface area (Å²) in [6.07, 6.45) is 0. The second kappa shape index (κ2) is 7.49. The number of rotatable bonds is 3. The van der Waals surface area contributed by atoms with Crippen molar-refractivity contribution in [1.82, 2.24) is 4.98 Å². The molecule has 0 aliphatic carbocycles. The molecule has 5 rings (SSSR count). The van der Waals surface area contributed by atoms with Crippen LogP contribution in [0.25, 0.3) is 32.3 Å². The van der Waals surface area contributed by atoms with Gasteiger partial charge in [0, 0.05) is 10.9 Å². The van der Waals surface area contributed by atoms with Crippen LogP contribution in [0.15, 0.2) is 75.9 Å². The Morgan fingerprint density at radius 1 is 0.968 bits per heavy atom. The zero-order valence-electron chi connectivity index (χ0n) is 16.9. The first-order chi connectivity index (χ1) is 15.0. The van der Waals surface area contributed by atoms with Crippen LogP contribution in [0.3, 0.4) is 0 Å². The molecule has 5 nitrogen and oxygen atoms in total. The van der Waals surface area contributed by atoms with E-state index in [9.17, 15) is 9.59 Å². The summed E-state index contributed by atoms with van der Waals surface area (Å²) >= 11 is 1.46. The predicted molar refractivity (Wildman–Crippen MR) is 125 cm³/mol. The number of aromatic nitrogens is 1. The van der Waals surface area contributed by atoms with Crippen LogP contribution in [0.4, 0.5) is 5.13 Å². The Labute approximate surface area is 182 Å². The van der Waals surface area contributed by atoms with Crippen molar-refractivity contribution in [2.45, 2.75) is 13.8 Å². The van der Waals surface area contributed by atoms with Gasteiger partial charge in [-0.3, -0.25) is 10.1 Å². The first-order valence-corrected chi connectivity index (χ1v) is 10.6. The number of benzene rings is 3. The highest BCUT2D eigenvalue weighted by atomic mass is 32.1. The number of carbonyl (C=O) groups excluding carboxylic acids is 1. The first-order valence-electron chi connectivity index (χ1n) is 9.81. The van der Waals surface area contributed by atoms with E-state index >= 15 is 0 Å². The normalized spacial score (nSPS) is 11.2. The zero-order valence-corrected chi connectivity index (χ0v) is 17.7. The zero-order chi connectivity index (χ0) is 21.5. The highest BCUT2D eigenvalue weighted by molar-refractivity contribution is 7.22. The minimum absolute atomic E-state index is 0.276. The molecule has 0 bridgehead atoms. The largest absolute Gasteiger partial charge is 0.422 e. The second-order valence-electron chi connectivity index (χ2n) is 7.42. The Morgan fingerprint density at radius 2 is 1.77 bits per heavy atom. The number of amides is 1. The SMILES string of the molecule is Cc1ccc(C)c2sc(NC(=O)c3cccc(-c4cc5ccccc5oc4=O)c3)nc12. The minimum atomic E-state index is -0.437. The molecule has 1 N–H and O–H groups in total. The summed E-state index contributed by atoms with van der Waals surface area (Å²) < 4.78 is 6.50. The Kier molecular flexibility index (Phi) is 4.64. The van der Waals surface area contributed by atoms with Gasteiger partial charge in [0.25, 0.3) is 5.91 Å². The lowest BCUT2D eigenvalue weighted by atomic mass is 10.0. The van der Waals surface area contributed by atoms with E-state index in [1.54, 1.807) is 36.4 Å². The minimum Gasteiger partial charge on any atom is -0.422 e. The van der Waals surface area contributed by atoms with Crippen molar-refractivity contribution < 1.29 is 9.21 Å². The number of para-hydroxylation sites is 1. The van der Waals surface area contributed by atoms with Gasteiger partial charge < -0.3 is 4.42 Å². The quantitative estimate of drug-likeness (QED) is 0.363. The summed E-state index contributed by atoms with van der Waals surface area (Å²) in [4.78, 5) is 30.0. The molecule has 1 amide bonds. The summed E-state index contributed by atoms with van der Waals surface area (Å²) in [6.45, 7) is 4.04. The molecule has 0 unspecified atom stereocenters. The number of carbonyl (C=O) groups is 1. The average molecular weight is 426 g/mol. The van der Waals surface area contributed by atoms with Crippen LogP contribution < -0.4 is 10.9 Å². The lowest BCUT2D eigenvalue weighted by Crippen LogP contribution is -2.12. The Balaban J connectivity index is 1.49. The summed E-state index contributed by atoms with van der Waals surface area (Å²) in [5.41, 5.74) is 4.69. The predicted octanol–water partition coefficient (Wildman–Crippen LogP) is 5.94. The fourth-order valence-electron chi connectivity index (χ4n) is 3.57. The molecule has 0 radical (unpaired) electrons. The van der Waals surface area contributed by atoms with Crippen molar-refractivity contribution >= 4 is 43.6 Å². The first kappa shape index (κ1) is 19.2. The van der Waals surface area contributed by atoms with Gasteiger partial charge in [-0.15, -0.1) is 0 Å². The molecule has 0 fully saturated rings. The van der Waals surface area contributed by atoms with Crippen molar-refractivity contribution in [3.05, 3.63) is 93.8 Å². The number of hydrogen-bond acceptors (Lipinski definition) is 5. The molecular formula is C25H18N2O3S. The van der Waals surface area contributed by atoms with Crippen LogP contribution in [-0.2, 0) is 0 Å². The molecule has 0 saturated carbocycles. The maximum absolute atomic E-state index is 12.9. The summed E-state index contributed by atoms with van der Waals surface area (Å²) in [6, 6.07) is 20.2. The van der Waals surface area contributed by atoms with E-state index in [0.29, 0.717) is 27.4 Å². The highest BCUT2D eigenvalue weighted by Crippen LogP contribution is 2.31. The number of aryl methyl sites for hydroxylation is 2. The van der Waals surface area contributed by atoms with Gasteiger partial charge in [-0.05, 0) is 54.8 Å². The smallest absolute Gasteiger partial charge is 0.344 e. The van der Waals surface area contributed by atoms with Crippen LogP contribution in [0.2, 0.25) is 0 Å². The van der Waals surface area contributed by atoms with E-state index in [2.05, 4.69) is 16.4 Å². The summed E-state index contributed by atoms with van der Waals surface area (Å²) in [5.74, 6) is -0.276. The maximum atomic E-state index is 12.9. The monoisotopic (exact) mass is 426 g/mol. The van der Waals surface area contributed by atoms with Gasteiger partial charge >= 0.3 is 5.63 Å². The molecule has 31 heavy (non-hydrogen) atoms. The fourth-order valence-corrected chi connectivity index (χ4v) is 4.58. The van der Waals surface area contributed by atoms with Crippen molar-refractivity contribution in [3.63, 3.8) is 0 Å². The fraction of sp³-hybridized carbons (Fsp3) is 0.0800. The lowest BCUT2D eigenvalue weighted by Gasteiger charge is -2.06. The molecule has 0 aliphatic heterocycles. The molecule has 0 atom stereocenters. The van der Waals surface area contributed by atoms with Crippen LogP contribution in [0, 0.1) is 13.8 Å². The van der Waals surface area contributed by atoms with Gasteiger partial charge in [0.2, 0.25) is 0 Å². The number of nitrogens with zero attached hydrogens (tertiary/aromatic N) is 1. The van der Waals surface area contributed by atoms with Gasteiger partial charge in [0.05, 0.1) is 15.8 Å². The number of thiazole rings is 1. The third kappa shape index (κ3) is 3.51. The standard InChI is InChI=1S/C25H18N2O3S/c1-14-10-11-15(2)22-21(14)26-25(31-22)27-23(28)18-8-5-7-16(12-18)19-13-17-6-3-4-9-20(17)30-24(19)29/h3-13H,1-2H3,(H,26,27,28). The molecule has 2 aromatic heterocycles. The van der Waals surface area contributed by atoms with Crippen molar-refractivity contribution in [3.8, 4) is 11.1 Å². The molecule has 0 aliphatic rings. The Hall–Kier alpha value is -3.77. The van der Waals surface area contributed by atoms with Gasteiger partial charge in [-0.1, -0.05) is 53.8 Å². The van der Waals surface area contributed by atoms with Gasteiger partial charge in [-0.2, -0.15) is 0 Å². The van der Waals surface area contributed by atoms with Crippen LogP contribution in [0.1, 0.15) is 21.5 Å². The number of fused-ring (bicyclic) bond motifs is 2. The third-order valence-electron chi connectivity index (χ3n) is 5.24. The Morgan fingerprint density at radius 3 is 2.61 bits per heavy atom. The number of anilines is 1. The molecule has 152 valence electrons. The molecule has 6 heteroatoms. The van der Waals surface area contributed by atoms with Crippen molar-refractivity contribution in [1.29, 1.82) is 0 Å². The molecule has 3 aromatic carbocycles. The Bertz CT molecular complexity index is 1490. The van der Waals surface area contributed by atoms with Crippen molar-refractivity contribution in [2.24, 2.45) is 0 Å². The van der Waals surface area contributed by atoms with Gasteiger partial charge in [-0.25, -0.2) is 9.78 Å². The molecular weight excluding hydrogens is 408 g/mol. The highest BCUT2D eigenvalue weighted by Gasteiger charge is 2.14. The maximum Gasteiger partial charge on any atom is 0.344 e. The number of hydrogen-bond donors (Lipinski definition) is 1. The van der Waals surface area contributed by atoms with Gasteiger partial charge in [0.15, 0.2) is 5.13 Å². The van der Waals surface area contributed by atoms with E-state index in [1.165, 1.54) is 11.3 Å². The lowest BCUT2D eigenvalue weighted by molar-refractivity contribution is 0.102. The van der Waals surface area contributed by atoms with Crippen LogP contribution in [-0.4, -0.2) is 10.9 Å². The number of nitrogens with one attached hydrogen (secondary N) is 1.